The number of halogens is 2. The number of alkyl halides is 2. The van der Waals surface area contributed by atoms with Crippen LogP contribution in [0.3, 0.4) is 0 Å². The van der Waals surface area contributed by atoms with Crippen LogP contribution in [0.5, 0.6) is 5.75 Å². The standard InChI is InChI=1S/C11H10F2O3/c1-16-8-4-2-7(3-5-8)9(14)6-10(15)11(12)13/h2-6,11,14H,1H3. The summed E-state index contributed by atoms with van der Waals surface area (Å²) in [5.74, 6) is -1.35. The van der Waals surface area contributed by atoms with Crippen LogP contribution >= 0.6 is 0 Å². The molecule has 0 saturated carbocycles. The van der Waals surface area contributed by atoms with Gasteiger partial charge in [-0.1, -0.05) is 0 Å². The van der Waals surface area contributed by atoms with Gasteiger partial charge >= 0.3 is 0 Å². The van der Waals surface area contributed by atoms with Crippen LogP contribution in [-0.2, 0) is 4.79 Å². The van der Waals surface area contributed by atoms with Gasteiger partial charge in [0.05, 0.1) is 7.11 Å². The SMILES string of the molecule is COc1ccc(C(O)=CC(=O)C(F)F)cc1. The van der Waals surface area contributed by atoms with E-state index in [1.807, 2.05) is 0 Å². The fourth-order valence-corrected chi connectivity index (χ4v) is 1.04. The molecule has 0 aromatic heterocycles. The fraction of sp³-hybridized carbons (Fsp3) is 0.182. The number of hydrogen-bond donors (Lipinski definition) is 1. The third-order valence-electron chi connectivity index (χ3n) is 1.88. The summed E-state index contributed by atoms with van der Waals surface area (Å²) >= 11 is 0. The lowest BCUT2D eigenvalue weighted by molar-refractivity contribution is -0.124. The Bertz CT molecular complexity index is 396. The Morgan fingerprint density at radius 3 is 2.38 bits per heavy atom. The van der Waals surface area contributed by atoms with Gasteiger partial charge in [0.25, 0.3) is 6.43 Å². The van der Waals surface area contributed by atoms with Crippen molar-refractivity contribution in [3.63, 3.8) is 0 Å². The van der Waals surface area contributed by atoms with Crippen molar-refractivity contribution in [3.8, 4) is 5.75 Å². The van der Waals surface area contributed by atoms with Crippen LogP contribution in [0.1, 0.15) is 5.56 Å². The maximum Gasteiger partial charge on any atom is 0.300 e. The highest BCUT2D eigenvalue weighted by Crippen LogP contribution is 2.17. The average molecular weight is 228 g/mol. The number of hydrogen-bond acceptors (Lipinski definition) is 3. The molecule has 0 saturated heterocycles. The first-order chi connectivity index (χ1) is 7.54. The lowest BCUT2D eigenvalue weighted by Crippen LogP contribution is -2.06. The molecule has 0 radical (unpaired) electrons. The smallest absolute Gasteiger partial charge is 0.300 e. The van der Waals surface area contributed by atoms with E-state index in [-0.39, 0.29) is 5.56 Å². The Kier molecular flexibility index (Phi) is 3.99. The zero-order chi connectivity index (χ0) is 12.1. The van der Waals surface area contributed by atoms with Gasteiger partial charge in [-0.05, 0) is 24.3 Å². The van der Waals surface area contributed by atoms with E-state index < -0.39 is 18.0 Å². The zero-order valence-corrected chi connectivity index (χ0v) is 8.48. The number of methoxy groups -OCH3 is 1. The summed E-state index contributed by atoms with van der Waals surface area (Å²) in [5.41, 5.74) is 0.273. The Morgan fingerprint density at radius 1 is 1.38 bits per heavy atom. The zero-order valence-electron chi connectivity index (χ0n) is 8.48. The fourth-order valence-electron chi connectivity index (χ4n) is 1.04. The second kappa shape index (κ2) is 5.25. The maximum absolute atomic E-state index is 11.9. The molecule has 0 unspecified atom stereocenters. The van der Waals surface area contributed by atoms with Crippen LogP contribution in [0, 0.1) is 0 Å². The molecule has 16 heavy (non-hydrogen) atoms. The molecule has 0 atom stereocenters. The number of ketones is 1. The molecule has 0 fully saturated rings. The minimum absolute atomic E-state index is 0.273. The van der Waals surface area contributed by atoms with Crippen molar-refractivity contribution in [2.45, 2.75) is 6.43 Å². The Labute approximate surface area is 91.0 Å². The number of aliphatic hydroxyl groups is 1. The largest absolute Gasteiger partial charge is 0.507 e. The number of allylic oxidation sites excluding steroid dienone is 1. The van der Waals surface area contributed by atoms with Crippen LogP contribution in [-0.4, -0.2) is 24.4 Å². The second-order valence-electron chi connectivity index (χ2n) is 2.96. The van der Waals surface area contributed by atoms with Gasteiger partial charge in [0, 0.05) is 11.6 Å². The van der Waals surface area contributed by atoms with Crippen LogP contribution in [0.15, 0.2) is 30.3 Å². The van der Waals surface area contributed by atoms with Gasteiger partial charge in [0.1, 0.15) is 11.5 Å². The van der Waals surface area contributed by atoms with Gasteiger partial charge in [-0.25, -0.2) is 8.78 Å². The molecule has 0 amide bonds. The third kappa shape index (κ3) is 3.05. The summed E-state index contributed by atoms with van der Waals surface area (Å²) in [6, 6.07) is 6.02. The molecule has 0 aliphatic carbocycles. The molecule has 5 heteroatoms. The second-order valence-corrected chi connectivity index (χ2v) is 2.96. The van der Waals surface area contributed by atoms with Crippen molar-refractivity contribution in [2.24, 2.45) is 0 Å². The molecule has 1 aromatic carbocycles. The molecule has 0 bridgehead atoms. The highest BCUT2D eigenvalue weighted by molar-refractivity contribution is 5.97. The Morgan fingerprint density at radius 2 is 1.94 bits per heavy atom. The van der Waals surface area contributed by atoms with Gasteiger partial charge < -0.3 is 9.84 Å². The van der Waals surface area contributed by atoms with E-state index in [4.69, 9.17) is 4.74 Å². The van der Waals surface area contributed by atoms with Gasteiger partial charge in [-0.3, -0.25) is 4.79 Å². The number of benzene rings is 1. The Hall–Kier alpha value is -1.91. The minimum atomic E-state index is -3.11. The molecule has 1 N–H and O–H groups in total. The predicted molar refractivity (Wildman–Crippen MR) is 54.6 cm³/mol. The van der Waals surface area contributed by atoms with E-state index >= 15 is 0 Å². The molecule has 1 rings (SSSR count). The van der Waals surface area contributed by atoms with E-state index in [1.165, 1.54) is 19.2 Å². The summed E-state index contributed by atoms with van der Waals surface area (Å²) in [4.78, 5) is 10.6. The Balaban J connectivity index is 2.87. The monoisotopic (exact) mass is 228 g/mol. The molecule has 0 aliphatic heterocycles. The summed E-state index contributed by atoms with van der Waals surface area (Å²) in [5, 5.41) is 9.37. The van der Waals surface area contributed by atoms with Crippen molar-refractivity contribution >= 4 is 11.5 Å². The molecule has 86 valence electrons. The van der Waals surface area contributed by atoms with Crippen LogP contribution < -0.4 is 4.74 Å². The first kappa shape index (κ1) is 12.2. The lowest BCUT2D eigenvalue weighted by Gasteiger charge is -2.02. The van der Waals surface area contributed by atoms with Crippen molar-refractivity contribution in [1.29, 1.82) is 0 Å². The van der Waals surface area contributed by atoms with E-state index in [0.717, 1.165) is 0 Å². The highest BCUT2D eigenvalue weighted by atomic mass is 19.3. The van der Waals surface area contributed by atoms with Gasteiger partial charge in [0.2, 0.25) is 5.78 Å². The molecule has 3 nitrogen and oxygen atoms in total. The van der Waals surface area contributed by atoms with Gasteiger partial charge in [-0.2, -0.15) is 0 Å². The molecule has 1 aromatic rings. The van der Waals surface area contributed by atoms with E-state index in [2.05, 4.69) is 0 Å². The first-order valence-electron chi connectivity index (χ1n) is 4.41. The number of aliphatic hydroxyl groups excluding tert-OH is 1. The highest BCUT2D eigenvalue weighted by Gasteiger charge is 2.13. The summed E-state index contributed by atoms with van der Waals surface area (Å²) < 4.78 is 28.7. The minimum Gasteiger partial charge on any atom is -0.507 e. The summed E-state index contributed by atoms with van der Waals surface area (Å²) in [7, 11) is 1.48. The topological polar surface area (TPSA) is 46.5 Å². The molecule has 0 heterocycles. The van der Waals surface area contributed by atoms with E-state index in [9.17, 15) is 18.7 Å². The quantitative estimate of drug-likeness (QED) is 0.636. The first-order valence-corrected chi connectivity index (χ1v) is 4.41. The number of carbonyl (C=O) groups is 1. The average Bonchev–Trinajstić information content (AvgIpc) is 2.28. The number of carbonyl (C=O) groups excluding carboxylic acids is 1. The van der Waals surface area contributed by atoms with E-state index in [1.54, 1.807) is 12.1 Å². The third-order valence-corrected chi connectivity index (χ3v) is 1.88. The summed E-state index contributed by atoms with van der Waals surface area (Å²) in [6.45, 7) is 0. The van der Waals surface area contributed by atoms with E-state index in [0.29, 0.717) is 11.8 Å². The van der Waals surface area contributed by atoms with Crippen molar-refractivity contribution in [2.75, 3.05) is 7.11 Å². The molecule has 0 aliphatic rings. The predicted octanol–water partition coefficient (Wildman–Crippen LogP) is 2.43. The molecular weight excluding hydrogens is 218 g/mol. The van der Waals surface area contributed by atoms with Gasteiger partial charge in [-0.15, -0.1) is 0 Å². The van der Waals surface area contributed by atoms with Crippen LogP contribution in [0.4, 0.5) is 8.78 Å². The maximum atomic E-state index is 11.9. The van der Waals surface area contributed by atoms with Crippen molar-refractivity contribution in [1.82, 2.24) is 0 Å². The van der Waals surface area contributed by atoms with Crippen LogP contribution in [0.2, 0.25) is 0 Å². The van der Waals surface area contributed by atoms with Crippen molar-refractivity contribution < 1.29 is 23.4 Å². The molecule has 0 spiro atoms. The lowest BCUT2D eigenvalue weighted by atomic mass is 10.1. The molecular formula is C11H10F2O3. The van der Waals surface area contributed by atoms with Crippen molar-refractivity contribution in [3.05, 3.63) is 35.9 Å². The number of rotatable bonds is 4. The summed E-state index contributed by atoms with van der Waals surface area (Å²) in [6.07, 6.45) is -2.60. The number of ether oxygens (including phenoxy) is 1. The van der Waals surface area contributed by atoms with Gasteiger partial charge in [0.15, 0.2) is 0 Å². The van der Waals surface area contributed by atoms with Crippen LogP contribution in [0.25, 0.3) is 5.76 Å². The normalized spacial score (nSPS) is 11.6.